The van der Waals surface area contributed by atoms with Gasteiger partial charge in [0.1, 0.15) is 6.04 Å². The highest BCUT2D eigenvalue weighted by Gasteiger charge is 2.36. The Balaban J connectivity index is 1.55. The zero-order chi connectivity index (χ0) is 18.3. The number of fused-ring (bicyclic) bond motifs is 1. The summed E-state index contributed by atoms with van der Waals surface area (Å²) in [7, 11) is 0. The number of piperazine rings is 1. The second-order valence-corrected chi connectivity index (χ2v) is 6.59. The average molecular weight is 373 g/mol. The number of hydrogen-bond donors (Lipinski definition) is 0. The maximum absolute atomic E-state index is 12.9. The number of benzene rings is 2. The zero-order valence-corrected chi connectivity index (χ0v) is 14.9. The first kappa shape index (κ1) is 16.7. The standard InChI is InChI=1S/C19H17ClN2O4/c1-12-18(23)22(15-5-3-2-4-14(15)20)9-8-21(12)19(24)13-6-7-16-17(10-13)26-11-25-16/h2-7,10,12H,8-9,11H2,1H3/t12-/m1/s1. The van der Waals surface area contributed by atoms with E-state index >= 15 is 0 Å². The molecule has 4 rings (SSSR count). The molecular weight excluding hydrogens is 356 g/mol. The van der Waals surface area contributed by atoms with Gasteiger partial charge in [0.25, 0.3) is 5.91 Å². The van der Waals surface area contributed by atoms with Crippen molar-refractivity contribution in [3.05, 3.63) is 53.1 Å². The lowest BCUT2D eigenvalue weighted by molar-refractivity contribution is -0.124. The van der Waals surface area contributed by atoms with E-state index in [9.17, 15) is 9.59 Å². The summed E-state index contributed by atoms with van der Waals surface area (Å²) >= 11 is 6.22. The van der Waals surface area contributed by atoms with E-state index in [2.05, 4.69) is 0 Å². The van der Waals surface area contributed by atoms with Gasteiger partial charge < -0.3 is 19.3 Å². The molecule has 0 unspecified atom stereocenters. The molecule has 2 aliphatic heterocycles. The molecule has 0 aromatic heterocycles. The minimum absolute atomic E-state index is 0.151. The van der Waals surface area contributed by atoms with E-state index in [1.807, 2.05) is 18.2 Å². The zero-order valence-electron chi connectivity index (χ0n) is 14.1. The lowest BCUT2D eigenvalue weighted by Crippen LogP contribution is -2.57. The van der Waals surface area contributed by atoms with Gasteiger partial charge in [-0.3, -0.25) is 9.59 Å². The van der Waals surface area contributed by atoms with Crippen LogP contribution in [0.25, 0.3) is 0 Å². The van der Waals surface area contributed by atoms with Crippen molar-refractivity contribution in [2.75, 3.05) is 24.8 Å². The number of rotatable bonds is 2. The predicted molar refractivity (Wildman–Crippen MR) is 96.9 cm³/mol. The van der Waals surface area contributed by atoms with E-state index in [0.29, 0.717) is 40.9 Å². The van der Waals surface area contributed by atoms with Gasteiger partial charge in [-0.1, -0.05) is 23.7 Å². The fourth-order valence-corrected chi connectivity index (χ4v) is 3.49. The Bertz CT molecular complexity index is 886. The normalized spacial score (nSPS) is 19.0. The third-order valence-corrected chi connectivity index (χ3v) is 5.00. The molecule has 1 atom stereocenters. The van der Waals surface area contributed by atoms with Crippen LogP contribution in [0.3, 0.4) is 0 Å². The van der Waals surface area contributed by atoms with Crippen LogP contribution in [-0.4, -0.2) is 42.6 Å². The molecular formula is C19H17ClN2O4. The van der Waals surface area contributed by atoms with Crippen molar-refractivity contribution in [3.8, 4) is 11.5 Å². The third kappa shape index (κ3) is 2.76. The summed E-state index contributed by atoms with van der Waals surface area (Å²) in [6.45, 7) is 2.70. The summed E-state index contributed by atoms with van der Waals surface area (Å²) in [5.41, 5.74) is 1.14. The van der Waals surface area contributed by atoms with Crippen LogP contribution < -0.4 is 14.4 Å². The maximum atomic E-state index is 12.9. The third-order valence-electron chi connectivity index (χ3n) is 4.68. The largest absolute Gasteiger partial charge is 0.454 e. The Morgan fingerprint density at radius 2 is 1.88 bits per heavy atom. The van der Waals surface area contributed by atoms with Gasteiger partial charge in [0.05, 0.1) is 10.7 Å². The van der Waals surface area contributed by atoms with E-state index < -0.39 is 6.04 Å². The number of anilines is 1. The van der Waals surface area contributed by atoms with Gasteiger partial charge in [-0.05, 0) is 37.3 Å². The fourth-order valence-electron chi connectivity index (χ4n) is 3.25. The van der Waals surface area contributed by atoms with Crippen molar-refractivity contribution in [2.24, 2.45) is 0 Å². The molecule has 0 radical (unpaired) electrons. The number of nitrogens with zero attached hydrogens (tertiary/aromatic N) is 2. The predicted octanol–water partition coefficient (Wildman–Crippen LogP) is 2.95. The highest BCUT2D eigenvalue weighted by Crippen LogP contribution is 2.33. The number of ether oxygens (including phenoxy) is 2. The fraction of sp³-hybridized carbons (Fsp3) is 0.263. The van der Waals surface area contributed by atoms with Gasteiger partial charge in [0.15, 0.2) is 11.5 Å². The number of amides is 2. The molecule has 2 aromatic rings. The Labute approximate surface area is 155 Å². The Morgan fingerprint density at radius 3 is 2.69 bits per heavy atom. The van der Waals surface area contributed by atoms with Crippen LogP contribution in [0, 0.1) is 0 Å². The average Bonchev–Trinajstić information content (AvgIpc) is 3.12. The number of para-hydroxylation sites is 1. The van der Waals surface area contributed by atoms with Gasteiger partial charge in [-0.25, -0.2) is 0 Å². The van der Waals surface area contributed by atoms with Crippen molar-refractivity contribution >= 4 is 29.1 Å². The molecule has 2 amide bonds. The first-order chi connectivity index (χ1) is 12.6. The summed E-state index contributed by atoms with van der Waals surface area (Å²) in [6.07, 6.45) is 0. The highest BCUT2D eigenvalue weighted by atomic mass is 35.5. The van der Waals surface area contributed by atoms with Gasteiger partial charge in [-0.15, -0.1) is 0 Å². The van der Waals surface area contributed by atoms with Crippen LogP contribution in [0.15, 0.2) is 42.5 Å². The van der Waals surface area contributed by atoms with Crippen molar-refractivity contribution in [2.45, 2.75) is 13.0 Å². The van der Waals surface area contributed by atoms with Crippen LogP contribution in [0.1, 0.15) is 17.3 Å². The van der Waals surface area contributed by atoms with Crippen molar-refractivity contribution in [1.82, 2.24) is 4.90 Å². The van der Waals surface area contributed by atoms with Crippen molar-refractivity contribution in [1.29, 1.82) is 0 Å². The second kappa shape index (κ2) is 6.53. The van der Waals surface area contributed by atoms with Crippen LogP contribution >= 0.6 is 11.6 Å². The molecule has 2 heterocycles. The molecule has 2 aromatic carbocycles. The summed E-state index contributed by atoms with van der Waals surface area (Å²) in [5.74, 6) is 0.806. The van der Waals surface area contributed by atoms with Gasteiger partial charge in [-0.2, -0.15) is 0 Å². The number of halogens is 1. The molecule has 1 saturated heterocycles. The minimum atomic E-state index is -0.585. The lowest BCUT2D eigenvalue weighted by atomic mass is 10.1. The molecule has 134 valence electrons. The highest BCUT2D eigenvalue weighted by molar-refractivity contribution is 6.33. The summed E-state index contributed by atoms with van der Waals surface area (Å²) < 4.78 is 10.6. The summed E-state index contributed by atoms with van der Waals surface area (Å²) in [5, 5.41) is 0.517. The minimum Gasteiger partial charge on any atom is -0.454 e. The molecule has 0 aliphatic carbocycles. The van der Waals surface area contributed by atoms with Crippen LogP contribution in [0.5, 0.6) is 11.5 Å². The summed E-state index contributed by atoms with van der Waals surface area (Å²) in [4.78, 5) is 29.0. The van der Waals surface area contributed by atoms with E-state index in [4.69, 9.17) is 21.1 Å². The molecule has 7 heteroatoms. The molecule has 0 N–H and O–H groups in total. The summed E-state index contributed by atoms with van der Waals surface area (Å²) in [6, 6.07) is 11.7. The number of carbonyl (C=O) groups is 2. The Morgan fingerprint density at radius 1 is 1.12 bits per heavy atom. The quantitative estimate of drug-likeness (QED) is 0.813. The topological polar surface area (TPSA) is 59.1 Å². The molecule has 1 fully saturated rings. The van der Waals surface area contributed by atoms with Crippen LogP contribution in [0.4, 0.5) is 5.69 Å². The van der Waals surface area contributed by atoms with Crippen LogP contribution in [-0.2, 0) is 4.79 Å². The van der Waals surface area contributed by atoms with Gasteiger partial charge >= 0.3 is 0 Å². The monoisotopic (exact) mass is 372 g/mol. The molecule has 0 spiro atoms. The first-order valence-corrected chi connectivity index (χ1v) is 8.70. The van der Waals surface area contributed by atoms with Gasteiger partial charge in [0.2, 0.25) is 12.7 Å². The van der Waals surface area contributed by atoms with Crippen LogP contribution in [0.2, 0.25) is 5.02 Å². The van der Waals surface area contributed by atoms with Crippen molar-refractivity contribution < 1.29 is 19.1 Å². The first-order valence-electron chi connectivity index (χ1n) is 8.33. The molecule has 0 bridgehead atoms. The Hall–Kier alpha value is -2.73. The van der Waals surface area contributed by atoms with E-state index in [1.54, 1.807) is 41.0 Å². The molecule has 0 saturated carbocycles. The smallest absolute Gasteiger partial charge is 0.254 e. The van der Waals surface area contributed by atoms with Crippen molar-refractivity contribution in [3.63, 3.8) is 0 Å². The molecule has 6 nitrogen and oxygen atoms in total. The number of hydrogen-bond acceptors (Lipinski definition) is 4. The van der Waals surface area contributed by atoms with E-state index in [0.717, 1.165) is 0 Å². The molecule has 2 aliphatic rings. The number of carbonyl (C=O) groups excluding carboxylic acids is 2. The lowest BCUT2D eigenvalue weighted by Gasteiger charge is -2.39. The van der Waals surface area contributed by atoms with E-state index in [1.165, 1.54) is 0 Å². The molecule has 26 heavy (non-hydrogen) atoms. The second-order valence-electron chi connectivity index (χ2n) is 6.18. The maximum Gasteiger partial charge on any atom is 0.254 e. The SMILES string of the molecule is C[C@@H]1C(=O)N(c2ccccc2Cl)CCN1C(=O)c1ccc2c(c1)OCO2. The van der Waals surface area contributed by atoms with E-state index in [-0.39, 0.29) is 18.6 Å². The van der Waals surface area contributed by atoms with Gasteiger partial charge in [0, 0.05) is 18.7 Å². The Kier molecular flexibility index (Phi) is 4.20.